The second-order valence-electron chi connectivity index (χ2n) is 5.43. The van der Waals surface area contributed by atoms with E-state index >= 15 is 0 Å². The van der Waals surface area contributed by atoms with E-state index in [4.69, 9.17) is 4.42 Å². The Kier molecular flexibility index (Phi) is 3.73. The van der Waals surface area contributed by atoms with E-state index in [1.807, 2.05) is 0 Å². The molecule has 0 aliphatic heterocycles. The van der Waals surface area contributed by atoms with Crippen molar-refractivity contribution >= 4 is 5.91 Å². The van der Waals surface area contributed by atoms with Gasteiger partial charge in [0, 0.05) is 6.04 Å². The lowest BCUT2D eigenvalue weighted by atomic mass is 9.80. The van der Waals surface area contributed by atoms with Gasteiger partial charge in [-0.1, -0.05) is 34.6 Å². The van der Waals surface area contributed by atoms with Gasteiger partial charge in [-0.15, -0.1) is 0 Å². The Morgan fingerprint density at radius 3 is 2.44 bits per heavy atom. The van der Waals surface area contributed by atoms with Crippen LogP contribution in [0.5, 0.6) is 0 Å². The summed E-state index contributed by atoms with van der Waals surface area (Å²) in [5.41, 5.74) is 0.0177. The van der Waals surface area contributed by atoms with Gasteiger partial charge >= 0.3 is 0 Å². The molecule has 1 aromatic heterocycles. The second kappa shape index (κ2) is 4.68. The summed E-state index contributed by atoms with van der Waals surface area (Å²) in [6.45, 7) is 10.5. The first-order valence-electron chi connectivity index (χ1n) is 5.51. The van der Waals surface area contributed by atoms with Crippen LogP contribution in [0.3, 0.4) is 0 Å². The highest BCUT2D eigenvalue weighted by molar-refractivity contribution is 5.91. The minimum atomic E-state index is -0.203. The molecule has 0 aliphatic carbocycles. The molecule has 1 rings (SSSR count). The molecule has 0 fully saturated rings. The maximum atomic E-state index is 11.8. The van der Waals surface area contributed by atoms with Crippen molar-refractivity contribution < 1.29 is 9.21 Å². The molecule has 4 nitrogen and oxygen atoms in total. The fraction of sp³-hybridized carbons (Fsp3) is 0.667. The minimum absolute atomic E-state index is 0.0177. The number of amides is 1. The van der Waals surface area contributed by atoms with Crippen LogP contribution >= 0.6 is 0 Å². The molecule has 1 atom stereocenters. The summed E-state index contributed by atoms with van der Waals surface area (Å²) >= 11 is 0. The fourth-order valence-electron chi connectivity index (χ4n) is 1.92. The lowest BCUT2D eigenvalue weighted by molar-refractivity contribution is 0.0845. The predicted octanol–water partition coefficient (Wildman–Crippen LogP) is 2.48. The van der Waals surface area contributed by atoms with Gasteiger partial charge in [-0.05, 0) is 11.3 Å². The number of nitrogens with zero attached hydrogens (tertiary/aromatic N) is 1. The van der Waals surface area contributed by atoms with E-state index in [9.17, 15) is 4.79 Å². The molecule has 0 aliphatic rings. The molecule has 0 spiro atoms. The van der Waals surface area contributed by atoms with Crippen LogP contribution < -0.4 is 5.32 Å². The number of aromatic nitrogens is 1. The Labute approximate surface area is 96.4 Å². The van der Waals surface area contributed by atoms with E-state index < -0.39 is 0 Å². The number of nitrogens with one attached hydrogen (secondary N) is 1. The molecule has 0 bridgehead atoms. The van der Waals surface area contributed by atoms with Crippen LogP contribution in [0.25, 0.3) is 0 Å². The summed E-state index contributed by atoms with van der Waals surface area (Å²) in [6.07, 6.45) is 2.69. The maximum absolute atomic E-state index is 11.8. The highest BCUT2D eigenvalue weighted by atomic mass is 16.3. The maximum Gasteiger partial charge on any atom is 0.288 e. The zero-order valence-electron chi connectivity index (χ0n) is 10.6. The summed E-state index contributed by atoms with van der Waals surface area (Å²) in [5, 5.41) is 2.99. The third kappa shape index (κ3) is 3.08. The molecular weight excluding hydrogens is 204 g/mol. The zero-order chi connectivity index (χ0) is 12.3. The molecule has 90 valence electrons. The van der Waals surface area contributed by atoms with Crippen molar-refractivity contribution in [2.24, 2.45) is 11.3 Å². The summed E-state index contributed by atoms with van der Waals surface area (Å²) in [4.78, 5) is 15.6. The van der Waals surface area contributed by atoms with Crippen LogP contribution in [0.1, 0.15) is 45.2 Å². The van der Waals surface area contributed by atoms with Crippen molar-refractivity contribution in [1.29, 1.82) is 0 Å². The van der Waals surface area contributed by atoms with Gasteiger partial charge in [0.25, 0.3) is 5.91 Å². The average Bonchev–Trinajstić information content (AvgIpc) is 2.63. The van der Waals surface area contributed by atoms with E-state index in [0.717, 1.165) is 0 Å². The van der Waals surface area contributed by atoms with Crippen LogP contribution in [0.2, 0.25) is 0 Å². The smallest absolute Gasteiger partial charge is 0.288 e. The Morgan fingerprint density at radius 1 is 1.44 bits per heavy atom. The summed E-state index contributed by atoms with van der Waals surface area (Å²) in [6, 6.07) is 0.102. The fourth-order valence-corrected chi connectivity index (χ4v) is 1.92. The molecule has 1 amide bonds. The Hall–Kier alpha value is -1.32. The molecule has 1 heterocycles. The monoisotopic (exact) mass is 224 g/mol. The Balaban J connectivity index is 2.74. The lowest BCUT2D eigenvalue weighted by Gasteiger charge is -2.34. The highest BCUT2D eigenvalue weighted by Gasteiger charge is 2.29. The second-order valence-corrected chi connectivity index (χ2v) is 5.43. The molecule has 0 saturated carbocycles. The Bertz CT molecular complexity index is 336. The summed E-state index contributed by atoms with van der Waals surface area (Å²) < 4.78 is 4.97. The average molecular weight is 224 g/mol. The highest BCUT2D eigenvalue weighted by Crippen LogP contribution is 2.25. The third-order valence-corrected chi connectivity index (χ3v) is 2.54. The van der Waals surface area contributed by atoms with E-state index in [0.29, 0.717) is 5.92 Å². The van der Waals surface area contributed by atoms with E-state index in [2.05, 4.69) is 44.9 Å². The molecule has 0 radical (unpaired) electrons. The van der Waals surface area contributed by atoms with Gasteiger partial charge in [-0.25, -0.2) is 4.98 Å². The number of carbonyl (C=O) groups is 1. The predicted molar refractivity (Wildman–Crippen MR) is 62.1 cm³/mol. The summed E-state index contributed by atoms with van der Waals surface area (Å²) in [7, 11) is 0. The topological polar surface area (TPSA) is 55.1 Å². The quantitative estimate of drug-likeness (QED) is 0.858. The van der Waals surface area contributed by atoms with Gasteiger partial charge in [0.1, 0.15) is 0 Å². The van der Waals surface area contributed by atoms with Crippen LogP contribution in [0.15, 0.2) is 17.0 Å². The molecule has 0 unspecified atom stereocenters. The molecule has 1 N–H and O–H groups in total. The SMILES string of the molecule is CC(C)[C@@H](NC(=O)c1cnco1)C(C)(C)C. The van der Waals surface area contributed by atoms with Crippen molar-refractivity contribution in [1.82, 2.24) is 10.3 Å². The first-order valence-corrected chi connectivity index (χ1v) is 5.51. The Morgan fingerprint density at radius 2 is 2.06 bits per heavy atom. The van der Waals surface area contributed by atoms with Gasteiger partial charge < -0.3 is 9.73 Å². The van der Waals surface area contributed by atoms with Crippen LogP contribution in [-0.2, 0) is 0 Å². The van der Waals surface area contributed by atoms with Crippen molar-refractivity contribution in [3.8, 4) is 0 Å². The zero-order valence-corrected chi connectivity index (χ0v) is 10.6. The first kappa shape index (κ1) is 12.7. The number of rotatable bonds is 3. The van der Waals surface area contributed by atoms with Crippen LogP contribution in [0, 0.1) is 11.3 Å². The van der Waals surface area contributed by atoms with Crippen LogP contribution in [0.4, 0.5) is 0 Å². The lowest BCUT2D eigenvalue weighted by Crippen LogP contribution is -2.47. The van der Waals surface area contributed by atoms with E-state index in [1.165, 1.54) is 12.6 Å². The van der Waals surface area contributed by atoms with Gasteiger partial charge in [0.2, 0.25) is 5.76 Å². The van der Waals surface area contributed by atoms with Crippen molar-refractivity contribution in [3.05, 3.63) is 18.4 Å². The molecule has 0 saturated heterocycles. The van der Waals surface area contributed by atoms with Crippen molar-refractivity contribution in [2.45, 2.75) is 40.7 Å². The number of oxazole rings is 1. The molecule has 0 aromatic carbocycles. The number of carbonyl (C=O) groups excluding carboxylic acids is 1. The van der Waals surface area contributed by atoms with Gasteiger partial charge in [-0.3, -0.25) is 4.79 Å². The number of hydrogen-bond acceptors (Lipinski definition) is 3. The first-order chi connectivity index (χ1) is 7.32. The minimum Gasteiger partial charge on any atom is -0.438 e. The van der Waals surface area contributed by atoms with Gasteiger partial charge in [0.05, 0.1) is 6.20 Å². The molecule has 16 heavy (non-hydrogen) atoms. The molecule has 4 heteroatoms. The summed E-state index contributed by atoms with van der Waals surface area (Å²) in [5.74, 6) is 0.424. The molecular formula is C12H20N2O2. The van der Waals surface area contributed by atoms with Gasteiger partial charge in [0.15, 0.2) is 6.39 Å². The number of hydrogen-bond donors (Lipinski definition) is 1. The normalized spacial score (nSPS) is 13.9. The third-order valence-electron chi connectivity index (χ3n) is 2.54. The van der Waals surface area contributed by atoms with E-state index in [-0.39, 0.29) is 23.1 Å². The van der Waals surface area contributed by atoms with E-state index in [1.54, 1.807) is 0 Å². The standard InChI is InChI=1S/C12H20N2O2/c1-8(2)10(12(3,4)5)14-11(15)9-6-13-7-16-9/h6-8,10H,1-5H3,(H,14,15)/t10-/m1/s1. The van der Waals surface area contributed by atoms with Crippen molar-refractivity contribution in [3.63, 3.8) is 0 Å². The largest absolute Gasteiger partial charge is 0.438 e. The van der Waals surface area contributed by atoms with Crippen molar-refractivity contribution in [2.75, 3.05) is 0 Å². The molecule has 1 aromatic rings. The van der Waals surface area contributed by atoms with Gasteiger partial charge in [-0.2, -0.15) is 0 Å². The van der Waals surface area contributed by atoms with Crippen LogP contribution in [-0.4, -0.2) is 16.9 Å².